The zero-order valence-corrected chi connectivity index (χ0v) is 12.5. The Balaban J connectivity index is 2.28. The van der Waals surface area contributed by atoms with E-state index < -0.39 is 0 Å². The monoisotopic (exact) mass is 288 g/mol. The first-order valence-electron chi connectivity index (χ1n) is 6.65. The van der Waals surface area contributed by atoms with E-state index in [0.29, 0.717) is 13.1 Å². The molecule has 6 heteroatoms. The maximum absolute atomic E-state index is 12.0. The summed E-state index contributed by atoms with van der Waals surface area (Å²) in [5.74, 6) is 0.730. The molecule has 112 valence electrons. The van der Waals surface area contributed by atoms with Crippen molar-refractivity contribution in [1.29, 1.82) is 0 Å². The molecule has 2 rings (SSSR count). The summed E-state index contributed by atoms with van der Waals surface area (Å²) in [5, 5.41) is 4.19. The lowest BCUT2D eigenvalue weighted by molar-refractivity contribution is 0.409. The van der Waals surface area contributed by atoms with Crippen LogP contribution >= 0.6 is 0 Å². The van der Waals surface area contributed by atoms with E-state index in [0.717, 1.165) is 22.6 Å². The number of benzene rings is 1. The quantitative estimate of drug-likeness (QED) is 0.882. The van der Waals surface area contributed by atoms with Crippen LogP contribution in [0.3, 0.4) is 0 Å². The average Bonchev–Trinajstić information content (AvgIpc) is 2.48. The highest BCUT2D eigenvalue weighted by atomic mass is 16.5. The molecular formula is C15H20N4O2. The van der Waals surface area contributed by atoms with Gasteiger partial charge in [-0.25, -0.2) is 4.68 Å². The van der Waals surface area contributed by atoms with E-state index in [1.54, 1.807) is 19.4 Å². The van der Waals surface area contributed by atoms with Crippen LogP contribution in [0.1, 0.15) is 11.1 Å². The van der Waals surface area contributed by atoms with Crippen molar-refractivity contribution in [2.45, 2.75) is 13.1 Å². The number of aromatic nitrogens is 2. The minimum absolute atomic E-state index is 0.136. The highest BCUT2D eigenvalue weighted by Gasteiger charge is 2.06. The van der Waals surface area contributed by atoms with Crippen molar-refractivity contribution >= 4 is 5.69 Å². The summed E-state index contributed by atoms with van der Waals surface area (Å²) in [4.78, 5) is 13.9. The Kier molecular flexibility index (Phi) is 4.59. The van der Waals surface area contributed by atoms with Crippen LogP contribution < -0.4 is 20.9 Å². The molecule has 0 aliphatic rings. The number of hydrogen-bond acceptors (Lipinski definition) is 5. The topological polar surface area (TPSA) is 73.4 Å². The van der Waals surface area contributed by atoms with Crippen LogP contribution in [0.2, 0.25) is 0 Å². The third kappa shape index (κ3) is 3.41. The Hall–Kier alpha value is -2.34. The summed E-state index contributed by atoms with van der Waals surface area (Å²) in [7, 11) is 5.35. The molecule has 1 aromatic heterocycles. The second kappa shape index (κ2) is 6.41. The first kappa shape index (κ1) is 15.1. The predicted octanol–water partition coefficient (Wildman–Crippen LogP) is 0.825. The molecule has 0 atom stereocenters. The molecule has 0 aliphatic heterocycles. The lowest BCUT2D eigenvalue weighted by Crippen LogP contribution is -2.24. The second-order valence-corrected chi connectivity index (χ2v) is 4.95. The van der Waals surface area contributed by atoms with Gasteiger partial charge in [0.05, 0.1) is 25.5 Å². The summed E-state index contributed by atoms with van der Waals surface area (Å²) in [6.07, 6.45) is 1.67. The third-order valence-electron chi connectivity index (χ3n) is 3.28. The zero-order chi connectivity index (χ0) is 15.4. The molecule has 0 fully saturated rings. The average molecular weight is 288 g/mol. The van der Waals surface area contributed by atoms with E-state index in [1.165, 1.54) is 4.68 Å². The van der Waals surface area contributed by atoms with Crippen LogP contribution in [0.5, 0.6) is 5.75 Å². The number of nitrogens with zero attached hydrogens (tertiary/aromatic N) is 3. The molecule has 0 aliphatic carbocycles. The summed E-state index contributed by atoms with van der Waals surface area (Å²) in [5.41, 5.74) is 8.17. The van der Waals surface area contributed by atoms with Crippen molar-refractivity contribution in [3.05, 3.63) is 51.9 Å². The van der Waals surface area contributed by atoms with Gasteiger partial charge in [-0.05, 0) is 11.6 Å². The first-order valence-corrected chi connectivity index (χ1v) is 6.65. The van der Waals surface area contributed by atoms with Crippen molar-refractivity contribution in [1.82, 2.24) is 9.78 Å². The summed E-state index contributed by atoms with van der Waals surface area (Å²) in [6.45, 7) is 0.812. The van der Waals surface area contributed by atoms with Crippen LogP contribution in [-0.4, -0.2) is 31.0 Å². The molecule has 0 bridgehead atoms. The summed E-state index contributed by atoms with van der Waals surface area (Å²) >= 11 is 0. The Morgan fingerprint density at radius 1 is 1.33 bits per heavy atom. The Morgan fingerprint density at radius 2 is 2.10 bits per heavy atom. The second-order valence-electron chi connectivity index (χ2n) is 4.95. The van der Waals surface area contributed by atoms with Crippen LogP contribution in [0.4, 0.5) is 5.69 Å². The maximum atomic E-state index is 12.0. The lowest BCUT2D eigenvalue weighted by atomic mass is 10.1. The molecule has 0 saturated carbocycles. The molecule has 0 saturated heterocycles. The maximum Gasteiger partial charge on any atom is 0.269 e. The standard InChI is InChI=1S/C15H20N4O2/c1-18(2)13-7-15(20)19(17-9-13)10-11-4-5-12(8-16)14(6-11)21-3/h4-7,9H,8,10,16H2,1-3H3. The predicted molar refractivity (Wildman–Crippen MR) is 82.8 cm³/mol. The highest BCUT2D eigenvalue weighted by molar-refractivity contribution is 5.41. The van der Waals surface area contributed by atoms with Gasteiger partial charge in [-0.1, -0.05) is 12.1 Å². The molecule has 1 aromatic carbocycles. The van der Waals surface area contributed by atoms with E-state index >= 15 is 0 Å². The Morgan fingerprint density at radius 3 is 2.67 bits per heavy atom. The molecule has 0 amide bonds. The molecule has 2 N–H and O–H groups in total. The van der Waals surface area contributed by atoms with Gasteiger partial charge >= 0.3 is 0 Å². The largest absolute Gasteiger partial charge is 0.496 e. The first-order chi connectivity index (χ1) is 10.0. The number of nitrogens with two attached hydrogens (primary N) is 1. The van der Waals surface area contributed by atoms with Gasteiger partial charge in [0, 0.05) is 32.3 Å². The fraction of sp³-hybridized carbons (Fsp3) is 0.333. The van der Waals surface area contributed by atoms with Crippen LogP contribution in [0.15, 0.2) is 35.3 Å². The van der Waals surface area contributed by atoms with Gasteiger partial charge in [0.25, 0.3) is 5.56 Å². The van der Waals surface area contributed by atoms with E-state index in [9.17, 15) is 4.79 Å². The fourth-order valence-electron chi connectivity index (χ4n) is 2.02. The van der Waals surface area contributed by atoms with Crippen LogP contribution in [0.25, 0.3) is 0 Å². The van der Waals surface area contributed by atoms with E-state index in [2.05, 4.69) is 5.10 Å². The SMILES string of the molecule is COc1cc(Cn2ncc(N(C)C)cc2=O)ccc1CN. The molecular weight excluding hydrogens is 268 g/mol. The van der Waals surface area contributed by atoms with Gasteiger partial charge in [-0.3, -0.25) is 4.79 Å². The molecule has 1 heterocycles. The molecule has 6 nitrogen and oxygen atoms in total. The van der Waals surface area contributed by atoms with Crippen molar-refractivity contribution in [2.75, 3.05) is 26.1 Å². The van der Waals surface area contributed by atoms with Crippen molar-refractivity contribution in [3.63, 3.8) is 0 Å². The number of ether oxygens (including phenoxy) is 1. The highest BCUT2D eigenvalue weighted by Crippen LogP contribution is 2.20. The van der Waals surface area contributed by atoms with Gasteiger partial charge in [0.15, 0.2) is 0 Å². The van der Waals surface area contributed by atoms with Gasteiger partial charge < -0.3 is 15.4 Å². The van der Waals surface area contributed by atoms with Crippen LogP contribution in [-0.2, 0) is 13.1 Å². The van der Waals surface area contributed by atoms with Gasteiger partial charge in [0.1, 0.15) is 5.75 Å². The molecule has 0 spiro atoms. The molecule has 0 radical (unpaired) electrons. The number of rotatable bonds is 5. The lowest BCUT2D eigenvalue weighted by Gasteiger charge is -2.13. The van der Waals surface area contributed by atoms with Crippen molar-refractivity contribution in [3.8, 4) is 5.75 Å². The van der Waals surface area contributed by atoms with E-state index in [1.807, 2.05) is 37.2 Å². The zero-order valence-electron chi connectivity index (χ0n) is 12.5. The normalized spacial score (nSPS) is 10.5. The van der Waals surface area contributed by atoms with Crippen molar-refractivity contribution in [2.24, 2.45) is 5.73 Å². The summed E-state index contributed by atoms with van der Waals surface area (Å²) in [6, 6.07) is 7.29. The molecule has 21 heavy (non-hydrogen) atoms. The number of hydrogen-bond donors (Lipinski definition) is 1. The fourth-order valence-corrected chi connectivity index (χ4v) is 2.02. The number of anilines is 1. The van der Waals surface area contributed by atoms with Crippen molar-refractivity contribution < 1.29 is 4.74 Å². The van der Waals surface area contributed by atoms with Crippen LogP contribution in [0, 0.1) is 0 Å². The summed E-state index contributed by atoms with van der Waals surface area (Å²) < 4.78 is 6.72. The number of methoxy groups -OCH3 is 1. The molecule has 2 aromatic rings. The van der Waals surface area contributed by atoms with E-state index in [-0.39, 0.29) is 5.56 Å². The Labute approximate surface area is 123 Å². The van der Waals surface area contributed by atoms with Gasteiger partial charge in [-0.2, -0.15) is 5.10 Å². The minimum atomic E-state index is -0.136. The van der Waals surface area contributed by atoms with Gasteiger partial charge in [-0.15, -0.1) is 0 Å². The smallest absolute Gasteiger partial charge is 0.269 e. The third-order valence-corrected chi connectivity index (χ3v) is 3.28. The Bertz CT molecular complexity index is 680. The minimum Gasteiger partial charge on any atom is -0.496 e. The van der Waals surface area contributed by atoms with E-state index in [4.69, 9.17) is 10.5 Å². The molecule has 0 unspecified atom stereocenters. The van der Waals surface area contributed by atoms with Gasteiger partial charge in [0.2, 0.25) is 0 Å².